The first-order valence-electron chi connectivity index (χ1n) is 9.58. The Morgan fingerprint density at radius 2 is 1.93 bits per heavy atom. The van der Waals surface area contributed by atoms with Crippen LogP contribution in [0, 0.1) is 11.7 Å². The van der Waals surface area contributed by atoms with Crippen LogP contribution in [0.15, 0.2) is 42.0 Å². The topological polar surface area (TPSA) is 21.3 Å². The highest BCUT2D eigenvalue weighted by molar-refractivity contribution is 5.95. The summed E-state index contributed by atoms with van der Waals surface area (Å²) in [4.78, 5) is 0. The van der Waals surface area contributed by atoms with Gasteiger partial charge in [-0.1, -0.05) is 26.0 Å². The number of hydrogen-bond donors (Lipinski definition) is 1. The van der Waals surface area contributed by atoms with E-state index in [1.807, 2.05) is 0 Å². The molecule has 3 heteroatoms. The third kappa shape index (κ3) is 3.05. The molecule has 2 aliphatic rings. The van der Waals surface area contributed by atoms with Crippen LogP contribution in [0.3, 0.4) is 0 Å². The second-order valence-corrected chi connectivity index (χ2v) is 8.47. The van der Waals surface area contributed by atoms with E-state index >= 15 is 0 Å². The van der Waals surface area contributed by atoms with Crippen LogP contribution in [0.1, 0.15) is 52.2 Å². The zero-order valence-corrected chi connectivity index (χ0v) is 16.6. The number of halogens is 1. The number of ether oxygens (including phenoxy) is 1. The summed E-state index contributed by atoms with van der Waals surface area (Å²) >= 11 is 0. The standard InChI is InChI=1S/C24H26FNO/c1-14(2)6-10-22-23-17(18-13-16(25)7-11-21(18)27-22)8-9-20-19(23)12-15(3)24(4,5)26-20/h7-14,26H,6H2,1-5H3/b22-10-. The highest BCUT2D eigenvalue weighted by Crippen LogP contribution is 2.48. The Morgan fingerprint density at radius 3 is 2.67 bits per heavy atom. The lowest BCUT2D eigenvalue weighted by Gasteiger charge is -2.36. The van der Waals surface area contributed by atoms with Gasteiger partial charge in [-0.05, 0) is 74.6 Å². The summed E-state index contributed by atoms with van der Waals surface area (Å²) in [5, 5.41) is 3.63. The maximum absolute atomic E-state index is 13.9. The second kappa shape index (κ2) is 6.26. The van der Waals surface area contributed by atoms with Gasteiger partial charge in [-0.2, -0.15) is 0 Å². The molecule has 140 valence electrons. The van der Waals surface area contributed by atoms with E-state index in [9.17, 15) is 4.39 Å². The van der Waals surface area contributed by atoms with E-state index in [4.69, 9.17) is 4.74 Å². The molecule has 2 nitrogen and oxygen atoms in total. The van der Waals surface area contributed by atoms with Crippen molar-refractivity contribution in [1.82, 2.24) is 0 Å². The van der Waals surface area contributed by atoms with Crippen molar-refractivity contribution < 1.29 is 9.13 Å². The number of fused-ring (bicyclic) bond motifs is 5. The summed E-state index contributed by atoms with van der Waals surface area (Å²) in [6, 6.07) is 8.92. The van der Waals surface area contributed by atoms with Crippen molar-refractivity contribution in [3.05, 3.63) is 58.9 Å². The van der Waals surface area contributed by atoms with Gasteiger partial charge in [0, 0.05) is 22.4 Å². The van der Waals surface area contributed by atoms with Gasteiger partial charge in [0.25, 0.3) is 0 Å². The van der Waals surface area contributed by atoms with Crippen LogP contribution in [0.2, 0.25) is 0 Å². The van der Waals surface area contributed by atoms with E-state index in [1.54, 1.807) is 12.1 Å². The maximum atomic E-state index is 13.9. The molecule has 0 aliphatic carbocycles. The molecular formula is C24H26FNO. The Morgan fingerprint density at radius 1 is 1.15 bits per heavy atom. The van der Waals surface area contributed by atoms with Crippen molar-refractivity contribution in [3.63, 3.8) is 0 Å². The molecule has 2 heterocycles. The average molecular weight is 363 g/mol. The minimum atomic E-state index is -0.249. The van der Waals surface area contributed by atoms with E-state index in [2.05, 4.69) is 64.2 Å². The monoisotopic (exact) mass is 363 g/mol. The van der Waals surface area contributed by atoms with Gasteiger partial charge < -0.3 is 10.1 Å². The largest absolute Gasteiger partial charge is 0.456 e. The van der Waals surface area contributed by atoms with Crippen molar-refractivity contribution in [1.29, 1.82) is 0 Å². The van der Waals surface area contributed by atoms with Crippen LogP contribution in [-0.2, 0) is 0 Å². The van der Waals surface area contributed by atoms with Crippen molar-refractivity contribution in [2.24, 2.45) is 5.92 Å². The third-order valence-electron chi connectivity index (χ3n) is 5.51. The number of benzene rings is 2. The van der Waals surface area contributed by atoms with Crippen LogP contribution in [-0.4, -0.2) is 5.54 Å². The Balaban J connectivity index is 1.98. The fraction of sp³-hybridized carbons (Fsp3) is 0.333. The predicted octanol–water partition coefficient (Wildman–Crippen LogP) is 6.88. The van der Waals surface area contributed by atoms with E-state index in [0.29, 0.717) is 11.7 Å². The summed E-state index contributed by atoms with van der Waals surface area (Å²) < 4.78 is 20.2. The Bertz CT molecular complexity index is 982. The molecule has 0 bridgehead atoms. The Kier molecular flexibility index (Phi) is 4.14. The molecular weight excluding hydrogens is 337 g/mol. The van der Waals surface area contributed by atoms with Gasteiger partial charge in [0.05, 0.1) is 5.54 Å². The number of hydrogen-bond acceptors (Lipinski definition) is 2. The van der Waals surface area contributed by atoms with E-state index < -0.39 is 0 Å². The van der Waals surface area contributed by atoms with Gasteiger partial charge in [-0.15, -0.1) is 0 Å². The van der Waals surface area contributed by atoms with E-state index in [-0.39, 0.29) is 11.4 Å². The fourth-order valence-electron chi connectivity index (χ4n) is 3.66. The molecule has 27 heavy (non-hydrogen) atoms. The minimum absolute atomic E-state index is 0.0947. The highest BCUT2D eigenvalue weighted by Gasteiger charge is 2.31. The van der Waals surface area contributed by atoms with Crippen molar-refractivity contribution in [2.45, 2.75) is 46.6 Å². The van der Waals surface area contributed by atoms with Gasteiger partial charge >= 0.3 is 0 Å². The third-order valence-corrected chi connectivity index (χ3v) is 5.51. The predicted molar refractivity (Wildman–Crippen MR) is 111 cm³/mol. The molecule has 0 aromatic heterocycles. The quantitative estimate of drug-likeness (QED) is 0.628. The van der Waals surface area contributed by atoms with Crippen LogP contribution >= 0.6 is 0 Å². The van der Waals surface area contributed by atoms with Gasteiger partial charge in [0.1, 0.15) is 17.3 Å². The van der Waals surface area contributed by atoms with Crippen LogP contribution in [0.25, 0.3) is 23.0 Å². The molecule has 0 atom stereocenters. The molecule has 0 radical (unpaired) electrons. The summed E-state index contributed by atoms with van der Waals surface area (Å²) in [6.45, 7) is 10.9. The van der Waals surface area contributed by atoms with Crippen LogP contribution in [0.5, 0.6) is 5.75 Å². The van der Waals surface area contributed by atoms with Gasteiger partial charge in [-0.3, -0.25) is 0 Å². The highest BCUT2D eigenvalue weighted by atomic mass is 19.1. The molecule has 4 rings (SSSR count). The maximum Gasteiger partial charge on any atom is 0.135 e. The fourth-order valence-corrected chi connectivity index (χ4v) is 3.66. The van der Waals surface area contributed by atoms with Gasteiger partial charge in [0.15, 0.2) is 0 Å². The molecule has 0 amide bonds. The lowest BCUT2D eigenvalue weighted by atomic mass is 9.83. The summed E-state index contributed by atoms with van der Waals surface area (Å²) in [6.07, 6.45) is 5.33. The zero-order valence-electron chi connectivity index (χ0n) is 16.6. The van der Waals surface area contributed by atoms with Crippen molar-refractivity contribution in [3.8, 4) is 16.9 Å². The van der Waals surface area contributed by atoms with Crippen LogP contribution < -0.4 is 10.1 Å². The molecule has 0 saturated carbocycles. The van der Waals surface area contributed by atoms with Crippen LogP contribution in [0.4, 0.5) is 10.1 Å². The van der Waals surface area contributed by atoms with Gasteiger partial charge in [-0.25, -0.2) is 4.39 Å². The number of nitrogens with one attached hydrogen (secondary N) is 1. The summed E-state index contributed by atoms with van der Waals surface area (Å²) in [5.74, 6) is 1.86. The first-order chi connectivity index (χ1) is 12.8. The SMILES string of the molecule is CC1=Cc2c(ccc3c2/C(=C/CC(C)C)Oc2ccc(F)cc2-3)NC1(C)C. The number of allylic oxidation sites excluding steroid dienone is 1. The molecule has 0 fully saturated rings. The smallest absolute Gasteiger partial charge is 0.135 e. The lowest BCUT2D eigenvalue weighted by molar-refractivity contribution is 0.503. The minimum Gasteiger partial charge on any atom is -0.456 e. The Labute approximate surface area is 160 Å². The summed E-state index contributed by atoms with van der Waals surface area (Å²) in [7, 11) is 0. The lowest BCUT2D eigenvalue weighted by Crippen LogP contribution is -2.35. The molecule has 0 spiro atoms. The molecule has 1 N–H and O–H groups in total. The molecule has 2 aromatic carbocycles. The average Bonchev–Trinajstić information content (AvgIpc) is 2.60. The first-order valence-corrected chi connectivity index (χ1v) is 9.58. The second-order valence-electron chi connectivity index (χ2n) is 8.47. The van der Waals surface area contributed by atoms with Crippen molar-refractivity contribution in [2.75, 3.05) is 5.32 Å². The molecule has 0 saturated heterocycles. The zero-order chi connectivity index (χ0) is 19.3. The molecule has 0 unspecified atom stereocenters. The Hall–Kier alpha value is -2.55. The van der Waals surface area contributed by atoms with E-state index in [0.717, 1.165) is 40.1 Å². The normalized spacial score (nSPS) is 18.2. The first kappa shape index (κ1) is 17.8. The van der Waals surface area contributed by atoms with E-state index in [1.165, 1.54) is 11.6 Å². The number of anilines is 1. The number of rotatable bonds is 2. The van der Waals surface area contributed by atoms with Gasteiger partial charge in [0.2, 0.25) is 0 Å². The molecule has 2 aliphatic heterocycles. The molecule has 2 aromatic rings. The summed E-state index contributed by atoms with van der Waals surface area (Å²) in [5.41, 5.74) is 6.26. The van der Waals surface area contributed by atoms with Crippen molar-refractivity contribution >= 4 is 17.5 Å².